The number of amidine groups is 1. The molecule has 0 amide bonds. The highest BCUT2D eigenvalue weighted by Gasteiger charge is 2.45. The maximum Gasteiger partial charge on any atom is 0.113 e. The molecule has 3 heteroatoms. The number of nitrogens with zero attached hydrogens (tertiary/aromatic N) is 2. The molecule has 2 fully saturated rings. The number of halogens is 1. The molecule has 1 saturated heterocycles. The first-order chi connectivity index (χ1) is 11.2. The van der Waals surface area contributed by atoms with Crippen molar-refractivity contribution in [3.63, 3.8) is 0 Å². The predicted octanol–water partition coefficient (Wildman–Crippen LogP) is 5.68. The van der Waals surface area contributed by atoms with Gasteiger partial charge in [0.1, 0.15) is 5.84 Å². The Bertz CT molecular complexity index is 584. The van der Waals surface area contributed by atoms with E-state index < -0.39 is 0 Å². The number of hydrogen-bond donors (Lipinski definition) is 0. The largest absolute Gasteiger partial charge is 0.334 e. The van der Waals surface area contributed by atoms with Crippen LogP contribution in [0.1, 0.15) is 56.9 Å². The molecule has 2 nitrogen and oxygen atoms in total. The van der Waals surface area contributed by atoms with Crippen LogP contribution in [-0.2, 0) is 5.41 Å². The molecule has 3 rings (SSSR count). The fraction of sp³-hybridized carbons (Fsp3) is 0.550. The summed E-state index contributed by atoms with van der Waals surface area (Å²) in [5.74, 6) is 1.25. The van der Waals surface area contributed by atoms with Gasteiger partial charge in [0, 0.05) is 23.8 Å². The first kappa shape index (κ1) is 16.8. The first-order valence-electron chi connectivity index (χ1n) is 8.86. The van der Waals surface area contributed by atoms with Crippen molar-refractivity contribution in [3.8, 4) is 0 Å². The lowest BCUT2D eigenvalue weighted by Crippen LogP contribution is -2.51. The minimum absolute atomic E-state index is 0.0948. The van der Waals surface area contributed by atoms with Gasteiger partial charge in [0.25, 0.3) is 0 Å². The maximum atomic E-state index is 4.80. The van der Waals surface area contributed by atoms with Gasteiger partial charge in [-0.05, 0) is 49.8 Å². The Labute approximate surface area is 148 Å². The van der Waals surface area contributed by atoms with Crippen LogP contribution < -0.4 is 0 Å². The van der Waals surface area contributed by atoms with E-state index in [1.54, 1.807) is 0 Å². The molecule has 1 aliphatic heterocycles. The fourth-order valence-corrected chi connectivity index (χ4v) is 4.30. The molecule has 0 aromatic heterocycles. The SMILES string of the molecule is C=C1CCCCCCN1C(=NC)C1(c2ccc(Br)cc2)CCC1. The van der Waals surface area contributed by atoms with Gasteiger partial charge < -0.3 is 4.90 Å². The first-order valence-corrected chi connectivity index (χ1v) is 9.65. The fourth-order valence-electron chi connectivity index (χ4n) is 4.03. The van der Waals surface area contributed by atoms with Crippen molar-refractivity contribution in [3.05, 3.63) is 46.6 Å². The van der Waals surface area contributed by atoms with E-state index in [4.69, 9.17) is 4.99 Å². The van der Waals surface area contributed by atoms with Gasteiger partial charge in [-0.15, -0.1) is 0 Å². The molecule has 1 aliphatic carbocycles. The van der Waals surface area contributed by atoms with Gasteiger partial charge in [0.05, 0.1) is 5.41 Å². The highest BCUT2D eigenvalue weighted by atomic mass is 79.9. The zero-order chi connectivity index (χ0) is 16.3. The van der Waals surface area contributed by atoms with Crippen molar-refractivity contribution in [2.75, 3.05) is 13.6 Å². The van der Waals surface area contributed by atoms with Gasteiger partial charge in [0.15, 0.2) is 0 Å². The number of likely N-dealkylation sites (tertiary alicyclic amines) is 1. The summed E-state index contributed by atoms with van der Waals surface area (Å²) in [7, 11) is 1.96. The maximum absolute atomic E-state index is 4.80. The summed E-state index contributed by atoms with van der Waals surface area (Å²) in [6.07, 6.45) is 9.96. The van der Waals surface area contributed by atoms with Gasteiger partial charge in [-0.2, -0.15) is 0 Å². The normalized spacial score (nSPS) is 22.3. The minimum Gasteiger partial charge on any atom is -0.334 e. The molecular weight excluding hydrogens is 348 g/mol. The summed E-state index contributed by atoms with van der Waals surface area (Å²) in [5.41, 5.74) is 2.76. The van der Waals surface area contributed by atoms with Crippen LogP contribution in [0.4, 0.5) is 0 Å². The molecule has 0 atom stereocenters. The third-order valence-corrected chi connectivity index (χ3v) is 6.01. The molecule has 1 heterocycles. The van der Waals surface area contributed by atoms with Crippen LogP contribution in [0, 0.1) is 0 Å². The third-order valence-electron chi connectivity index (χ3n) is 5.48. The smallest absolute Gasteiger partial charge is 0.113 e. The summed E-state index contributed by atoms with van der Waals surface area (Å²) in [5, 5.41) is 0. The minimum atomic E-state index is 0.0948. The van der Waals surface area contributed by atoms with Crippen LogP contribution in [0.2, 0.25) is 0 Å². The second kappa shape index (κ2) is 7.21. The lowest BCUT2D eigenvalue weighted by atomic mass is 9.63. The summed E-state index contributed by atoms with van der Waals surface area (Å²) < 4.78 is 1.14. The van der Waals surface area contributed by atoms with Crippen LogP contribution in [0.3, 0.4) is 0 Å². The molecule has 0 spiro atoms. The Balaban J connectivity index is 1.94. The molecule has 0 radical (unpaired) electrons. The zero-order valence-electron chi connectivity index (χ0n) is 14.2. The van der Waals surface area contributed by atoms with Crippen molar-refractivity contribution in [1.82, 2.24) is 4.90 Å². The van der Waals surface area contributed by atoms with Crippen LogP contribution in [0.25, 0.3) is 0 Å². The van der Waals surface area contributed by atoms with Gasteiger partial charge in [-0.3, -0.25) is 4.99 Å². The van der Waals surface area contributed by atoms with E-state index in [1.807, 2.05) is 7.05 Å². The lowest BCUT2D eigenvalue weighted by molar-refractivity contribution is 0.296. The molecule has 23 heavy (non-hydrogen) atoms. The lowest BCUT2D eigenvalue weighted by Gasteiger charge is -2.47. The standard InChI is InChI=1S/C20H27BrN2/c1-16-8-5-3-4-6-15-23(16)19(22-2)20(13-7-14-20)17-9-11-18(21)12-10-17/h9-12H,1,3-8,13-15H2,2H3. The molecule has 0 N–H and O–H groups in total. The van der Waals surface area contributed by atoms with Crippen molar-refractivity contribution >= 4 is 21.8 Å². The van der Waals surface area contributed by atoms with Crippen molar-refractivity contribution in [1.29, 1.82) is 0 Å². The van der Waals surface area contributed by atoms with Crippen LogP contribution in [-0.4, -0.2) is 24.3 Å². The Morgan fingerprint density at radius 2 is 1.78 bits per heavy atom. The summed E-state index contributed by atoms with van der Waals surface area (Å²) >= 11 is 3.56. The molecule has 0 bridgehead atoms. The predicted molar refractivity (Wildman–Crippen MR) is 102 cm³/mol. The Hall–Kier alpha value is -1.09. The summed E-state index contributed by atoms with van der Waals surface area (Å²) in [6, 6.07) is 8.85. The third kappa shape index (κ3) is 3.26. The van der Waals surface area contributed by atoms with Crippen LogP contribution in [0.15, 0.2) is 46.0 Å². The number of benzene rings is 1. The Morgan fingerprint density at radius 3 is 2.39 bits per heavy atom. The van der Waals surface area contributed by atoms with Crippen LogP contribution >= 0.6 is 15.9 Å². The van der Waals surface area contributed by atoms with Crippen LogP contribution in [0.5, 0.6) is 0 Å². The van der Waals surface area contributed by atoms with E-state index in [0.717, 1.165) is 17.4 Å². The van der Waals surface area contributed by atoms with E-state index in [2.05, 4.69) is 51.7 Å². The van der Waals surface area contributed by atoms with Gasteiger partial charge in [0.2, 0.25) is 0 Å². The van der Waals surface area contributed by atoms with Gasteiger partial charge in [-0.25, -0.2) is 0 Å². The highest BCUT2D eigenvalue weighted by Crippen LogP contribution is 2.46. The number of rotatable bonds is 2. The second-order valence-corrected chi connectivity index (χ2v) is 7.79. The van der Waals surface area contributed by atoms with Gasteiger partial charge in [-0.1, -0.05) is 53.9 Å². The number of hydrogen-bond acceptors (Lipinski definition) is 1. The molecular formula is C20H27BrN2. The van der Waals surface area contributed by atoms with Gasteiger partial charge >= 0.3 is 0 Å². The van der Waals surface area contributed by atoms with Crippen molar-refractivity contribution < 1.29 is 0 Å². The molecule has 1 saturated carbocycles. The Kier molecular flexibility index (Phi) is 5.25. The quantitative estimate of drug-likeness (QED) is 0.480. The Morgan fingerprint density at radius 1 is 1.09 bits per heavy atom. The van der Waals surface area contributed by atoms with E-state index in [9.17, 15) is 0 Å². The number of aliphatic imine (C=N–C) groups is 1. The van der Waals surface area contributed by atoms with E-state index in [0.29, 0.717) is 0 Å². The summed E-state index contributed by atoms with van der Waals surface area (Å²) in [4.78, 5) is 7.24. The monoisotopic (exact) mass is 374 g/mol. The zero-order valence-corrected chi connectivity index (χ0v) is 15.7. The average molecular weight is 375 g/mol. The molecule has 1 aromatic rings. The van der Waals surface area contributed by atoms with E-state index >= 15 is 0 Å². The molecule has 0 unspecified atom stereocenters. The topological polar surface area (TPSA) is 15.6 Å². The molecule has 2 aliphatic rings. The van der Waals surface area contributed by atoms with E-state index in [-0.39, 0.29) is 5.41 Å². The molecule has 124 valence electrons. The summed E-state index contributed by atoms with van der Waals surface area (Å²) in [6.45, 7) is 5.46. The van der Waals surface area contributed by atoms with Crippen molar-refractivity contribution in [2.45, 2.75) is 56.8 Å². The second-order valence-electron chi connectivity index (χ2n) is 6.87. The average Bonchev–Trinajstić information content (AvgIpc) is 2.49. The highest BCUT2D eigenvalue weighted by molar-refractivity contribution is 9.10. The molecule has 1 aromatic carbocycles. The van der Waals surface area contributed by atoms with E-state index in [1.165, 1.54) is 62.0 Å². The van der Waals surface area contributed by atoms with Crippen molar-refractivity contribution in [2.24, 2.45) is 4.99 Å². The number of allylic oxidation sites excluding steroid dienone is 1.